The number of carbonyl (C=O) groups is 1. The number of carbonyl (C=O) groups excluding carboxylic acids is 1. The van der Waals surface area contributed by atoms with E-state index >= 15 is 0 Å². The molecule has 0 atom stereocenters. The first-order valence-corrected chi connectivity index (χ1v) is 5.36. The number of benzene rings is 1. The predicted molar refractivity (Wildman–Crippen MR) is 63.2 cm³/mol. The Morgan fingerprint density at radius 2 is 1.95 bits per heavy atom. The van der Waals surface area contributed by atoms with Gasteiger partial charge < -0.3 is 5.32 Å². The second kappa shape index (κ2) is 5.09. The van der Waals surface area contributed by atoms with Gasteiger partial charge in [0.05, 0.1) is 11.3 Å². The molecule has 0 aliphatic heterocycles. The van der Waals surface area contributed by atoms with Gasteiger partial charge in [0.2, 0.25) is 5.95 Å². The zero-order chi connectivity index (χ0) is 14.0. The van der Waals surface area contributed by atoms with Crippen molar-refractivity contribution in [3.63, 3.8) is 0 Å². The average Bonchev–Trinajstić information content (AvgIpc) is 2.37. The van der Waals surface area contributed by atoms with Gasteiger partial charge in [-0.05, 0) is 30.7 Å². The second-order valence-electron chi connectivity index (χ2n) is 3.90. The molecule has 1 aromatic heterocycles. The van der Waals surface area contributed by atoms with Gasteiger partial charge in [-0.1, -0.05) is 6.07 Å². The van der Waals surface area contributed by atoms with Gasteiger partial charge in [-0.15, -0.1) is 0 Å². The molecule has 0 unspecified atom stereocenters. The number of halogens is 3. The molecule has 98 valence electrons. The quantitative estimate of drug-likeness (QED) is 0.849. The summed E-state index contributed by atoms with van der Waals surface area (Å²) in [7, 11) is 0. The third-order valence-electron chi connectivity index (χ3n) is 2.46. The van der Waals surface area contributed by atoms with Crippen LogP contribution in [0.15, 0.2) is 30.5 Å². The fourth-order valence-corrected chi connectivity index (χ4v) is 1.52. The van der Waals surface area contributed by atoms with Crippen molar-refractivity contribution in [3.8, 4) is 0 Å². The molecule has 0 aliphatic carbocycles. The molecule has 0 fully saturated rings. The zero-order valence-corrected chi connectivity index (χ0v) is 9.88. The van der Waals surface area contributed by atoms with E-state index in [0.29, 0.717) is 0 Å². The molecule has 1 N–H and O–H groups in total. The first-order chi connectivity index (χ1) is 8.99. The first-order valence-electron chi connectivity index (χ1n) is 5.36. The van der Waals surface area contributed by atoms with Gasteiger partial charge in [-0.3, -0.25) is 4.79 Å². The molecule has 1 amide bonds. The average molecular weight is 266 g/mol. The summed E-state index contributed by atoms with van der Waals surface area (Å²) in [4.78, 5) is 14.8. The van der Waals surface area contributed by atoms with Gasteiger partial charge in [0.15, 0.2) is 5.82 Å². The molecule has 1 heterocycles. The van der Waals surface area contributed by atoms with Crippen LogP contribution < -0.4 is 5.32 Å². The minimum absolute atomic E-state index is 0.0957. The van der Waals surface area contributed by atoms with Crippen LogP contribution in [0.2, 0.25) is 0 Å². The molecule has 0 saturated carbocycles. The van der Waals surface area contributed by atoms with E-state index in [1.54, 1.807) is 6.92 Å². The van der Waals surface area contributed by atoms with Crippen LogP contribution in [-0.2, 0) is 0 Å². The molecule has 1 aromatic carbocycles. The normalized spacial score (nSPS) is 10.3. The molecule has 19 heavy (non-hydrogen) atoms. The van der Waals surface area contributed by atoms with E-state index in [-0.39, 0.29) is 5.69 Å². The molecule has 0 saturated heterocycles. The third-order valence-corrected chi connectivity index (χ3v) is 2.46. The molecule has 0 aliphatic rings. The molecule has 2 aromatic rings. The Balaban J connectivity index is 2.31. The highest BCUT2D eigenvalue weighted by molar-refractivity contribution is 6.04. The summed E-state index contributed by atoms with van der Waals surface area (Å²) in [5.74, 6) is -4.34. The van der Waals surface area contributed by atoms with Gasteiger partial charge in [0.1, 0.15) is 5.82 Å². The Labute approximate surface area is 107 Å². The summed E-state index contributed by atoms with van der Waals surface area (Å²) in [5, 5.41) is 2.19. The Morgan fingerprint density at radius 3 is 2.68 bits per heavy atom. The van der Waals surface area contributed by atoms with Crippen LogP contribution >= 0.6 is 0 Å². The van der Waals surface area contributed by atoms with E-state index in [0.717, 1.165) is 17.8 Å². The van der Waals surface area contributed by atoms with E-state index < -0.39 is 29.1 Å². The maximum atomic E-state index is 13.4. The fraction of sp³-hybridized carbons (Fsp3) is 0.0769. The SMILES string of the molecule is Cc1ccc(F)c(NC(=O)c2ccnc(F)c2F)c1. The number of pyridine rings is 1. The summed E-state index contributed by atoms with van der Waals surface area (Å²) in [6.45, 7) is 1.71. The van der Waals surface area contributed by atoms with Crippen molar-refractivity contribution in [2.24, 2.45) is 0 Å². The minimum atomic E-state index is -1.38. The van der Waals surface area contributed by atoms with E-state index in [2.05, 4.69) is 10.3 Å². The van der Waals surface area contributed by atoms with Crippen LogP contribution in [0.25, 0.3) is 0 Å². The lowest BCUT2D eigenvalue weighted by Crippen LogP contribution is -2.16. The third kappa shape index (κ3) is 2.73. The summed E-state index contributed by atoms with van der Waals surface area (Å²) in [6.07, 6.45) is 0.958. The summed E-state index contributed by atoms with van der Waals surface area (Å²) in [5.41, 5.74) is 0.0908. The molecule has 2 rings (SSSR count). The number of nitrogens with zero attached hydrogens (tertiary/aromatic N) is 1. The largest absolute Gasteiger partial charge is 0.319 e. The van der Waals surface area contributed by atoms with Crippen LogP contribution in [0.4, 0.5) is 18.9 Å². The van der Waals surface area contributed by atoms with Crippen LogP contribution in [0, 0.1) is 24.5 Å². The predicted octanol–water partition coefficient (Wildman–Crippen LogP) is 3.06. The lowest BCUT2D eigenvalue weighted by atomic mass is 10.2. The minimum Gasteiger partial charge on any atom is -0.319 e. The van der Waals surface area contributed by atoms with Crippen molar-refractivity contribution >= 4 is 11.6 Å². The zero-order valence-electron chi connectivity index (χ0n) is 9.88. The van der Waals surface area contributed by atoms with E-state index in [4.69, 9.17) is 0 Å². The number of hydrogen-bond acceptors (Lipinski definition) is 2. The number of nitrogens with one attached hydrogen (secondary N) is 1. The van der Waals surface area contributed by atoms with Crippen molar-refractivity contribution < 1.29 is 18.0 Å². The highest BCUT2D eigenvalue weighted by Gasteiger charge is 2.17. The summed E-state index contributed by atoms with van der Waals surface area (Å²) >= 11 is 0. The first kappa shape index (κ1) is 13.1. The van der Waals surface area contributed by atoms with Gasteiger partial charge in [-0.2, -0.15) is 4.39 Å². The number of rotatable bonds is 2. The number of hydrogen-bond donors (Lipinski definition) is 1. The maximum absolute atomic E-state index is 13.4. The standard InChI is InChI=1S/C13H9F3N2O/c1-7-2-3-9(14)10(6-7)18-13(19)8-4-5-17-12(16)11(8)15/h2-6H,1H3,(H,18,19). The lowest BCUT2D eigenvalue weighted by molar-refractivity contribution is 0.102. The Bertz CT molecular complexity index is 644. The molecule has 3 nitrogen and oxygen atoms in total. The van der Waals surface area contributed by atoms with Crippen molar-refractivity contribution in [1.29, 1.82) is 0 Å². The van der Waals surface area contributed by atoms with Crippen LogP contribution in [0.5, 0.6) is 0 Å². The van der Waals surface area contributed by atoms with E-state index in [1.165, 1.54) is 18.2 Å². The fourth-order valence-electron chi connectivity index (χ4n) is 1.52. The molecule has 0 spiro atoms. The van der Waals surface area contributed by atoms with Crippen molar-refractivity contribution in [1.82, 2.24) is 4.98 Å². The maximum Gasteiger partial charge on any atom is 0.258 e. The number of amides is 1. The van der Waals surface area contributed by atoms with Gasteiger partial charge in [0.25, 0.3) is 5.91 Å². The summed E-state index contributed by atoms with van der Waals surface area (Å²) in [6, 6.07) is 5.11. The number of aromatic nitrogens is 1. The molecular weight excluding hydrogens is 257 g/mol. The highest BCUT2D eigenvalue weighted by atomic mass is 19.2. The Morgan fingerprint density at radius 1 is 1.21 bits per heavy atom. The highest BCUT2D eigenvalue weighted by Crippen LogP contribution is 2.18. The van der Waals surface area contributed by atoms with E-state index in [1.807, 2.05) is 0 Å². The van der Waals surface area contributed by atoms with Crippen molar-refractivity contribution in [2.75, 3.05) is 5.32 Å². The molecule has 6 heteroatoms. The topological polar surface area (TPSA) is 42.0 Å². The molecule has 0 bridgehead atoms. The van der Waals surface area contributed by atoms with Crippen molar-refractivity contribution in [2.45, 2.75) is 6.92 Å². The lowest BCUT2D eigenvalue weighted by Gasteiger charge is -2.08. The van der Waals surface area contributed by atoms with Crippen LogP contribution in [0.3, 0.4) is 0 Å². The smallest absolute Gasteiger partial charge is 0.258 e. The molecule has 0 radical (unpaired) electrons. The number of aryl methyl sites for hydroxylation is 1. The molecular formula is C13H9F3N2O. The Kier molecular flexibility index (Phi) is 3.50. The monoisotopic (exact) mass is 266 g/mol. The Hall–Kier alpha value is -2.37. The van der Waals surface area contributed by atoms with Gasteiger partial charge >= 0.3 is 0 Å². The summed E-state index contributed by atoms with van der Waals surface area (Å²) < 4.78 is 39.7. The second-order valence-corrected chi connectivity index (χ2v) is 3.90. The van der Waals surface area contributed by atoms with Gasteiger partial charge in [0, 0.05) is 6.20 Å². The van der Waals surface area contributed by atoms with Gasteiger partial charge in [-0.25, -0.2) is 13.8 Å². The van der Waals surface area contributed by atoms with Crippen LogP contribution in [-0.4, -0.2) is 10.9 Å². The number of anilines is 1. The van der Waals surface area contributed by atoms with E-state index in [9.17, 15) is 18.0 Å². The van der Waals surface area contributed by atoms with Crippen LogP contribution in [0.1, 0.15) is 15.9 Å². The van der Waals surface area contributed by atoms with Crippen molar-refractivity contribution in [3.05, 3.63) is 59.2 Å².